The van der Waals surface area contributed by atoms with Gasteiger partial charge in [0.25, 0.3) is 0 Å². The van der Waals surface area contributed by atoms with Crippen LogP contribution in [0.1, 0.15) is 44.1 Å². The zero-order chi connectivity index (χ0) is 17.6. The van der Waals surface area contributed by atoms with Crippen LogP contribution in [0.25, 0.3) is 6.08 Å². The minimum atomic E-state index is 0.0438. The highest BCUT2D eigenvalue weighted by atomic mass is 16.7. The number of amides is 1. The molecule has 4 saturated carbocycles. The maximum absolute atomic E-state index is 12.4. The quantitative estimate of drug-likeness (QED) is 0.657. The van der Waals surface area contributed by atoms with E-state index in [1.165, 1.54) is 38.5 Å². The number of hydrogen-bond acceptors (Lipinski definition) is 3. The Kier molecular flexibility index (Phi) is 3.80. The number of hydrogen-bond donors (Lipinski definition) is 1. The fraction of sp³-hybridized carbons (Fsp3) is 0.500. The number of nitrogens with one attached hydrogen (secondary N) is 1. The van der Waals surface area contributed by atoms with Crippen molar-refractivity contribution in [3.8, 4) is 11.5 Å². The molecular weight excluding hydrogens is 326 g/mol. The first kappa shape index (κ1) is 16.0. The number of allylic oxidation sites excluding steroid dienone is 2. The predicted octanol–water partition coefficient (Wildman–Crippen LogP) is 4.07. The molecule has 4 heteroatoms. The fourth-order valence-corrected chi connectivity index (χ4v) is 5.89. The molecule has 26 heavy (non-hydrogen) atoms. The molecule has 4 nitrogen and oxygen atoms in total. The standard InChI is InChI=1S/C22H25NO3/c24-21(23-22-11-16-7-17(12-22)9-18(8-16)13-22)4-2-1-3-15-5-6-19-20(10-15)26-14-25-19/h1-6,10,16-18H,7-9,11-14H2,(H,23,24)/b3-1+,4-2+. The van der Waals surface area contributed by atoms with Crippen molar-refractivity contribution in [1.82, 2.24) is 5.32 Å². The third-order valence-electron chi connectivity index (χ3n) is 6.47. The summed E-state index contributed by atoms with van der Waals surface area (Å²) in [6.07, 6.45) is 15.1. The summed E-state index contributed by atoms with van der Waals surface area (Å²) < 4.78 is 10.7. The second kappa shape index (κ2) is 6.19. The van der Waals surface area contributed by atoms with Crippen LogP contribution in [0.3, 0.4) is 0 Å². The van der Waals surface area contributed by atoms with Crippen molar-refractivity contribution in [2.45, 2.75) is 44.1 Å². The van der Waals surface area contributed by atoms with Gasteiger partial charge in [-0.15, -0.1) is 0 Å². The average Bonchev–Trinajstić information content (AvgIpc) is 3.05. The lowest BCUT2D eigenvalue weighted by atomic mass is 9.53. The molecule has 1 aromatic rings. The molecule has 1 amide bonds. The number of benzene rings is 1. The highest BCUT2D eigenvalue weighted by molar-refractivity contribution is 5.88. The Bertz CT molecular complexity index is 744. The molecule has 1 aromatic carbocycles. The van der Waals surface area contributed by atoms with E-state index in [1.54, 1.807) is 6.08 Å². The van der Waals surface area contributed by atoms with Crippen LogP contribution in [0, 0.1) is 17.8 Å². The predicted molar refractivity (Wildman–Crippen MR) is 99.8 cm³/mol. The molecule has 4 bridgehead atoms. The summed E-state index contributed by atoms with van der Waals surface area (Å²) >= 11 is 0. The number of carbonyl (C=O) groups is 1. The molecule has 4 aliphatic carbocycles. The summed E-state index contributed by atoms with van der Waals surface area (Å²) in [6.45, 7) is 0.285. The maximum atomic E-state index is 12.4. The topological polar surface area (TPSA) is 47.6 Å². The van der Waals surface area contributed by atoms with E-state index >= 15 is 0 Å². The van der Waals surface area contributed by atoms with Crippen LogP contribution < -0.4 is 14.8 Å². The summed E-state index contributed by atoms with van der Waals surface area (Å²) in [5, 5.41) is 3.36. The first-order chi connectivity index (χ1) is 12.7. The third kappa shape index (κ3) is 3.02. The smallest absolute Gasteiger partial charge is 0.244 e. The van der Waals surface area contributed by atoms with E-state index in [0.29, 0.717) is 0 Å². The molecule has 0 radical (unpaired) electrons. The van der Waals surface area contributed by atoms with Crippen molar-refractivity contribution in [2.75, 3.05) is 6.79 Å². The summed E-state index contributed by atoms with van der Waals surface area (Å²) in [5.74, 6) is 4.13. The second-order valence-electron chi connectivity index (χ2n) is 8.52. The summed E-state index contributed by atoms with van der Waals surface area (Å²) in [7, 11) is 0. The highest BCUT2D eigenvalue weighted by Gasteiger charge is 2.51. The van der Waals surface area contributed by atoms with Gasteiger partial charge in [0.2, 0.25) is 12.7 Å². The fourth-order valence-electron chi connectivity index (χ4n) is 5.89. The zero-order valence-electron chi connectivity index (χ0n) is 14.9. The van der Waals surface area contributed by atoms with E-state index < -0.39 is 0 Å². The molecule has 0 unspecified atom stereocenters. The van der Waals surface area contributed by atoms with Gasteiger partial charge in [-0.05, 0) is 74.0 Å². The van der Waals surface area contributed by atoms with Gasteiger partial charge in [-0.25, -0.2) is 0 Å². The number of fused-ring (bicyclic) bond motifs is 1. The molecule has 1 N–H and O–H groups in total. The van der Waals surface area contributed by atoms with Crippen LogP contribution >= 0.6 is 0 Å². The highest BCUT2D eigenvalue weighted by Crippen LogP contribution is 2.55. The Morgan fingerprint density at radius 3 is 2.42 bits per heavy atom. The Morgan fingerprint density at radius 1 is 1.00 bits per heavy atom. The molecular formula is C22H25NO3. The van der Waals surface area contributed by atoms with Crippen molar-refractivity contribution in [1.29, 1.82) is 0 Å². The lowest BCUT2D eigenvalue weighted by Gasteiger charge is -2.56. The first-order valence-corrected chi connectivity index (χ1v) is 9.74. The van der Waals surface area contributed by atoms with Gasteiger partial charge < -0.3 is 14.8 Å². The lowest BCUT2D eigenvalue weighted by molar-refractivity contribution is -0.122. The molecule has 0 spiro atoms. The van der Waals surface area contributed by atoms with Crippen molar-refractivity contribution < 1.29 is 14.3 Å². The van der Waals surface area contributed by atoms with Gasteiger partial charge >= 0.3 is 0 Å². The molecule has 0 saturated heterocycles. The van der Waals surface area contributed by atoms with Crippen LogP contribution in [0.5, 0.6) is 11.5 Å². The summed E-state index contributed by atoms with van der Waals surface area (Å²) in [6, 6.07) is 5.83. The third-order valence-corrected chi connectivity index (χ3v) is 6.47. The van der Waals surface area contributed by atoms with Crippen LogP contribution in [0.2, 0.25) is 0 Å². The van der Waals surface area contributed by atoms with Gasteiger partial charge in [0, 0.05) is 11.6 Å². The Morgan fingerprint density at radius 2 is 1.69 bits per heavy atom. The van der Waals surface area contributed by atoms with Gasteiger partial charge in [-0.1, -0.05) is 24.3 Å². The van der Waals surface area contributed by atoms with Gasteiger partial charge in [-0.3, -0.25) is 4.79 Å². The minimum Gasteiger partial charge on any atom is -0.454 e. The van der Waals surface area contributed by atoms with Crippen LogP contribution in [-0.2, 0) is 4.79 Å². The van der Waals surface area contributed by atoms with Gasteiger partial charge in [0.1, 0.15) is 0 Å². The van der Waals surface area contributed by atoms with E-state index in [0.717, 1.165) is 34.8 Å². The molecule has 0 atom stereocenters. The van der Waals surface area contributed by atoms with Crippen molar-refractivity contribution in [3.05, 3.63) is 42.0 Å². The largest absolute Gasteiger partial charge is 0.454 e. The lowest BCUT2D eigenvalue weighted by Crippen LogP contribution is -2.59. The molecule has 0 aromatic heterocycles. The van der Waals surface area contributed by atoms with Crippen LogP contribution in [-0.4, -0.2) is 18.2 Å². The van der Waals surface area contributed by atoms with Gasteiger partial charge in [-0.2, -0.15) is 0 Å². The van der Waals surface area contributed by atoms with Crippen molar-refractivity contribution in [3.63, 3.8) is 0 Å². The molecule has 4 fully saturated rings. The minimum absolute atomic E-state index is 0.0438. The average molecular weight is 351 g/mol. The Labute approximate surface area is 154 Å². The van der Waals surface area contributed by atoms with E-state index in [4.69, 9.17) is 9.47 Å². The van der Waals surface area contributed by atoms with Crippen molar-refractivity contribution >= 4 is 12.0 Å². The van der Waals surface area contributed by atoms with E-state index in [2.05, 4.69) is 5.32 Å². The number of rotatable bonds is 4. The Balaban J connectivity index is 1.19. The summed E-state index contributed by atoms with van der Waals surface area (Å²) in [5.41, 5.74) is 1.11. The molecule has 136 valence electrons. The zero-order valence-corrected chi connectivity index (χ0v) is 14.9. The van der Waals surface area contributed by atoms with E-state index in [9.17, 15) is 4.79 Å². The van der Waals surface area contributed by atoms with E-state index in [1.807, 2.05) is 36.4 Å². The van der Waals surface area contributed by atoms with Gasteiger partial charge in [0.15, 0.2) is 11.5 Å². The SMILES string of the molecule is O=C(/C=C/C=C/c1ccc2c(c1)OCO2)NC12CC3CC(CC(C3)C1)C2. The Hall–Kier alpha value is -2.23. The molecule has 1 aliphatic heterocycles. The van der Waals surface area contributed by atoms with Crippen LogP contribution in [0.15, 0.2) is 36.4 Å². The first-order valence-electron chi connectivity index (χ1n) is 9.74. The van der Waals surface area contributed by atoms with Gasteiger partial charge in [0.05, 0.1) is 0 Å². The van der Waals surface area contributed by atoms with Crippen molar-refractivity contribution in [2.24, 2.45) is 17.8 Å². The monoisotopic (exact) mass is 351 g/mol. The molecule has 6 rings (SSSR count). The number of ether oxygens (including phenoxy) is 2. The second-order valence-corrected chi connectivity index (χ2v) is 8.52. The van der Waals surface area contributed by atoms with Crippen LogP contribution in [0.4, 0.5) is 0 Å². The molecule has 5 aliphatic rings. The maximum Gasteiger partial charge on any atom is 0.244 e. The number of carbonyl (C=O) groups excluding carboxylic acids is 1. The van der Waals surface area contributed by atoms with E-state index in [-0.39, 0.29) is 18.2 Å². The molecule has 1 heterocycles. The summed E-state index contributed by atoms with van der Waals surface area (Å²) in [4.78, 5) is 12.4. The normalized spacial score (nSPS) is 34.1.